The molecule has 0 bridgehead atoms. The third kappa shape index (κ3) is 3.98. The van der Waals surface area contributed by atoms with Crippen LogP contribution in [0.3, 0.4) is 0 Å². The van der Waals surface area contributed by atoms with Crippen LogP contribution in [0.5, 0.6) is 0 Å². The van der Waals surface area contributed by atoms with E-state index in [4.69, 9.17) is 23.2 Å². The zero-order chi connectivity index (χ0) is 18.8. The monoisotopic (exact) mass is 412 g/mol. The fraction of sp³-hybridized carbons (Fsp3) is 0.0476. The molecule has 0 unspecified atom stereocenters. The summed E-state index contributed by atoms with van der Waals surface area (Å²) in [6.07, 6.45) is 0.274. The lowest BCUT2D eigenvalue weighted by Crippen LogP contribution is -2.14. The Kier molecular flexibility index (Phi) is 5.12. The second-order valence-corrected chi connectivity index (χ2v) is 7.85. The SMILES string of the molecule is O=C(Cc1ccccc1)Nc1cc(-c2nc3ccccc3s2)c(Cl)cc1Cl. The normalized spacial score (nSPS) is 10.9. The van der Waals surface area contributed by atoms with Crippen LogP contribution in [0.25, 0.3) is 20.8 Å². The second-order valence-electron chi connectivity index (χ2n) is 6.01. The first-order valence-electron chi connectivity index (χ1n) is 8.29. The molecule has 0 fully saturated rings. The Morgan fingerprint density at radius 2 is 1.70 bits per heavy atom. The van der Waals surface area contributed by atoms with E-state index in [2.05, 4.69) is 10.3 Å². The molecule has 0 atom stereocenters. The molecule has 1 aromatic heterocycles. The Bertz CT molecular complexity index is 1090. The molecule has 0 spiro atoms. The van der Waals surface area contributed by atoms with Gasteiger partial charge in [0.25, 0.3) is 0 Å². The van der Waals surface area contributed by atoms with Crippen molar-refractivity contribution in [1.82, 2.24) is 4.98 Å². The number of amides is 1. The molecule has 1 N–H and O–H groups in total. The van der Waals surface area contributed by atoms with Crippen molar-refractivity contribution in [1.29, 1.82) is 0 Å². The minimum atomic E-state index is -0.138. The molecule has 3 aromatic carbocycles. The lowest BCUT2D eigenvalue weighted by atomic mass is 10.1. The maximum atomic E-state index is 12.4. The van der Waals surface area contributed by atoms with Crippen LogP contribution in [-0.2, 0) is 11.2 Å². The Balaban J connectivity index is 1.64. The average Bonchev–Trinajstić information content (AvgIpc) is 3.08. The van der Waals surface area contributed by atoms with E-state index in [1.165, 1.54) is 0 Å². The Hall–Kier alpha value is -2.40. The summed E-state index contributed by atoms with van der Waals surface area (Å²) in [5.41, 5.74) is 3.12. The predicted octanol–water partition coefficient (Wildman–Crippen LogP) is 6.45. The number of halogens is 2. The number of anilines is 1. The predicted molar refractivity (Wildman–Crippen MR) is 114 cm³/mol. The van der Waals surface area contributed by atoms with E-state index in [1.54, 1.807) is 23.5 Å². The van der Waals surface area contributed by atoms with E-state index in [9.17, 15) is 4.79 Å². The number of fused-ring (bicyclic) bond motifs is 1. The molecular weight excluding hydrogens is 399 g/mol. The van der Waals surface area contributed by atoms with Crippen LogP contribution in [0.15, 0.2) is 66.7 Å². The first-order valence-corrected chi connectivity index (χ1v) is 9.86. The fourth-order valence-corrected chi connectivity index (χ4v) is 4.34. The summed E-state index contributed by atoms with van der Waals surface area (Å²) >= 11 is 14.2. The van der Waals surface area contributed by atoms with Crippen molar-refractivity contribution < 1.29 is 4.79 Å². The molecule has 4 rings (SSSR count). The van der Waals surface area contributed by atoms with Gasteiger partial charge in [-0.25, -0.2) is 4.98 Å². The highest BCUT2D eigenvalue weighted by Gasteiger charge is 2.15. The largest absolute Gasteiger partial charge is 0.324 e. The van der Waals surface area contributed by atoms with Gasteiger partial charge in [-0.3, -0.25) is 4.79 Å². The number of hydrogen-bond donors (Lipinski definition) is 1. The van der Waals surface area contributed by atoms with Crippen molar-refractivity contribution in [3.8, 4) is 10.6 Å². The highest BCUT2D eigenvalue weighted by molar-refractivity contribution is 7.21. The van der Waals surface area contributed by atoms with E-state index >= 15 is 0 Å². The minimum absolute atomic E-state index is 0.138. The number of carbonyl (C=O) groups is 1. The van der Waals surface area contributed by atoms with Crippen molar-refractivity contribution in [3.05, 3.63) is 82.3 Å². The van der Waals surface area contributed by atoms with Gasteiger partial charge in [-0.2, -0.15) is 0 Å². The van der Waals surface area contributed by atoms with E-state index in [1.807, 2.05) is 54.6 Å². The zero-order valence-electron chi connectivity index (χ0n) is 14.1. The fourth-order valence-electron chi connectivity index (χ4n) is 2.77. The van der Waals surface area contributed by atoms with Crippen LogP contribution in [0.1, 0.15) is 5.56 Å². The van der Waals surface area contributed by atoms with Gasteiger partial charge in [0, 0.05) is 5.56 Å². The number of benzene rings is 3. The van der Waals surface area contributed by atoms with Gasteiger partial charge in [0.1, 0.15) is 5.01 Å². The van der Waals surface area contributed by atoms with Crippen LogP contribution in [0, 0.1) is 0 Å². The molecule has 0 saturated heterocycles. The number of hydrogen-bond acceptors (Lipinski definition) is 3. The van der Waals surface area contributed by atoms with Crippen LogP contribution in [0.2, 0.25) is 10.0 Å². The average molecular weight is 413 g/mol. The summed E-state index contributed by atoms with van der Waals surface area (Å²) in [7, 11) is 0. The van der Waals surface area contributed by atoms with Gasteiger partial charge in [0.15, 0.2) is 0 Å². The Morgan fingerprint density at radius 3 is 2.48 bits per heavy atom. The molecule has 3 nitrogen and oxygen atoms in total. The number of nitrogens with zero attached hydrogens (tertiary/aromatic N) is 1. The molecule has 0 saturated carbocycles. The number of aromatic nitrogens is 1. The number of rotatable bonds is 4. The summed E-state index contributed by atoms with van der Waals surface area (Å²) in [5, 5.41) is 4.56. The van der Waals surface area contributed by atoms with E-state index < -0.39 is 0 Å². The third-order valence-corrected chi connectivity index (χ3v) is 5.76. The lowest BCUT2D eigenvalue weighted by Gasteiger charge is -2.10. The van der Waals surface area contributed by atoms with Gasteiger partial charge >= 0.3 is 0 Å². The number of nitrogens with one attached hydrogen (secondary N) is 1. The number of thiazole rings is 1. The van der Waals surface area contributed by atoms with Crippen LogP contribution in [-0.4, -0.2) is 10.9 Å². The highest BCUT2D eigenvalue weighted by Crippen LogP contribution is 2.38. The van der Waals surface area contributed by atoms with Gasteiger partial charge in [0.05, 0.1) is 32.4 Å². The molecule has 6 heteroatoms. The topological polar surface area (TPSA) is 42.0 Å². The van der Waals surface area contributed by atoms with Crippen molar-refractivity contribution in [2.24, 2.45) is 0 Å². The summed E-state index contributed by atoms with van der Waals surface area (Å²) in [5.74, 6) is -0.138. The number of para-hydroxylation sites is 1. The van der Waals surface area contributed by atoms with Gasteiger partial charge in [-0.05, 0) is 29.8 Å². The second kappa shape index (κ2) is 7.69. The van der Waals surface area contributed by atoms with Gasteiger partial charge in [-0.1, -0.05) is 65.7 Å². The quantitative estimate of drug-likeness (QED) is 0.418. The molecule has 1 heterocycles. The summed E-state index contributed by atoms with van der Waals surface area (Å²) in [6, 6.07) is 20.9. The van der Waals surface area contributed by atoms with Crippen molar-refractivity contribution >= 4 is 56.3 Å². The standard InChI is InChI=1S/C21H14Cl2N2OS/c22-15-12-16(23)18(24-20(26)10-13-6-2-1-3-7-13)11-14(15)21-25-17-8-4-5-9-19(17)27-21/h1-9,11-12H,10H2,(H,24,26). The van der Waals surface area contributed by atoms with Crippen molar-refractivity contribution in [2.45, 2.75) is 6.42 Å². The smallest absolute Gasteiger partial charge is 0.228 e. The molecule has 134 valence electrons. The first kappa shape index (κ1) is 18.0. The Labute approximate surface area is 170 Å². The summed E-state index contributed by atoms with van der Waals surface area (Å²) in [4.78, 5) is 17.0. The molecule has 4 aromatic rings. The van der Waals surface area contributed by atoms with E-state index in [0.29, 0.717) is 15.7 Å². The van der Waals surface area contributed by atoms with Gasteiger partial charge in [0.2, 0.25) is 5.91 Å². The maximum Gasteiger partial charge on any atom is 0.228 e. The highest BCUT2D eigenvalue weighted by atomic mass is 35.5. The van der Waals surface area contributed by atoms with Crippen LogP contribution in [0.4, 0.5) is 5.69 Å². The molecular formula is C21H14Cl2N2OS. The van der Waals surface area contributed by atoms with E-state index in [-0.39, 0.29) is 12.3 Å². The molecule has 0 aliphatic carbocycles. The van der Waals surface area contributed by atoms with Crippen molar-refractivity contribution in [3.63, 3.8) is 0 Å². The summed E-state index contributed by atoms with van der Waals surface area (Å²) in [6.45, 7) is 0. The molecule has 0 radical (unpaired) electrons. The van der Waals surface area contributed by atoms with Gasteiger partial charge < -0.3 is 5.32 Å². The molecule has 0 aliphatic heterocycles. The lowest BCUT2D eigenvalue weighted by molar-refractivity contribution is -0.115. The van der Waals surface area contributed by atoms with Gasteiger partial charge in [-0.15, -0.1) is 11.3 Å². The zero-order valence-corrected chi connectivity index (χ0v) is 16.4. The van der Waals surface area contributed by atoms with Crippen molar-refractivity contribution in [2.75, 3.05) is 5.32 Å². The van der Waals surface area contributed by atoms with E-state index in [0.717, 1.165) is 26.4 Å². The maximum absolute atomic E-state index is 12.4. The minimum Gasteiger partial charge on any atom is -0.324 e. The number of carbonyl (C=O) groups excluding carboxylic acids is 1. The first-order chi connectivity index (χ1) is 13.1. The van der Waals surface area contributed by atoms with Crippen LogP contribution < -0.4 is 5.32 Å². The molecule has 27 heavy (non-hydrogen) atoms. The van der Waals surface area contributed by atoms with Crippen LogP contribution >= 0.6 is 34.5 Å². The summed E-state index contributed by atoms with van der Waals surface area (Å²) < 4.78 is 1.08. The third-order valence-electron chi connectivity index (χ3n) is 4.06. The Morgan fingerprint density at radius 1 is 0.963 bits per heavy atom. The molecule has 1 amide bonds. The molecule has 0 aliphatic rings.